The summed E-state index contributed by atoms with van der Waals surface area (Å²) < 4.78 is 38.7. The van der Waals surface area contributed by atoms with Crippen molar-refractivity contribution in [1.82, 2.24) is 0 Å². The van der Waals surface area contributed by atoms with Crippen molar-refractivity contribution < 1.29 is 23.1 Å². The third-order valence-electron chi connectivity index (χ3n) is 2.62. The molecule has 0 aliphatic rings. The van der Waals surface area contributed by atoms with E-state index < -0.39 is 23.6 Å². The minimum atomic E-state index is -4.64. The number of aliphatic carboxylic acids is 1. The summed E-state index contributed by atoms with van der Waals surface area (Å²) in [7, 11) is 0. The van der Waals surface area contributed by atoms with Crippen LogP contribution < -0.4 is 0 Å². The largest absolute Gasteiger partial charge is 0.481 e. The number of benzene rings is 1. The summed E-state index contributed by atoms with van der Waals surface area (Å²) in [5, 5.41) is 8.98. The van der Waals surface area contributed by atoms with E-state index in [2.05, 4.69) is 0 Å². The molecule has 19 heavy (non-hydrogen) atoms. The molecule has 1 atom stereocenters. The van der Waals surface area contributed by atoms with Crippen molar-refractivity contribution in [2.45, 2.75) is 24.9 Å². The predicted octanol–water partition coefficient (Wildman–Crippen LogP) is 4.55. The van der Waals surface area contributed by atoms with E-state index in [1.54, 1.807) is 0 Å². The van der Waals surface area contributed by atoms with Gasteiger partial charge in [0.15, 0.2) is 0 Å². The first kappa shape index (κ1) is 16.1. The lowest BCUT2D eigenvalue weighted by atomic mass is 9.90. The van der Waals surface area contributed by atoms with E-state index in [-0.39, 0.29) is 22.9 Å². The molecule has 0 aromatic heterocycles. The molecule has 0 heterocycles. The average molecular weight is 315 g/mol. The number of carbonyl (C=O) groups is 1. The smallest absolute Gasteiger partial charge is 0.416 e. The monoisotopic (exact) mass is 314 g/mol. The van der Waals surface area contributed by atoms with Gasteiger partial charge in [-0.05, 0) is 30.5 Å². The minimum Gasteiger partial charge on any atom is -0.481 e. The van der Waals surface area contributed by atoms with Crippen LogP contribution in [0.2, 0.25) is 5.02 Å². The molecule has 0 radical (unpaired) electrons. The first-order chi connectivity index (χ1) is 8.77. The zero-order valence-corrected chi connectivity index (χ0v) is 11.2. The lowest BCUT2D eigenvalue weighted by molar-refractivity contribution is -0.141. The maximum atomic E-state index is 12.9. The highest BCUT2D eigenvalue weighted by atomic mass is 35.5. The van der Waals surface area contributed by atoms with Crippen LogP contribution >= 0.6 is 23.2 Å². The number of carboxylic acid groups (broad SMARTS) is 1. The SMILES string of the molecule is O=C(O)[C@@H](CCCCl)c1ccc(Cl)cc1C(F)(F)F. The molecular formula is C12H11Cl2F3O2. The standard InChI is InChI=1S/C12H11Cl2F3O2/c13-5-1-2-9(11(18)19)8-4-3-7(14)6-10(8)12(15,16)17/h3-4,6,9H,1-2,5H2,(H,18,19)/t9-/m0/s1. The van der Waals surface area contributed by atoms with Gasteiger partial charge in [0, 0.05) is 10.9 Å². The summed E-state index contributed by atoms with van der Waals surface area (Å²) in [5.74, 6) is -2.36. The third-order valence-corrected chi connectivity index (χ3v) is 3.12. The Labute approximate surface area is 118 Å². The fourth-order valence-electron chi connectivity index (χ4n) is 1.77. The number of halogens is 5. The Morgan fingerprint density at radius 1 is 1.37 bits per heavy atom. The Kier molecular flexibility index (Phi) is 5.50. The molecule has 0 fully saturated rings. The Hall–Kier alpha value is -0.940. The maximum Gasteiger partial charge on any atom is 0.416 e. The Morgan fingerprint density at radius 2 is 2.00 bits per heavy atom. The van der Waals surface area contributed by atoms with Crippen LogP contribution in [0.4, 0.5) is 13.2 Å². The summed E-state index contributed by atoms with van der Waals surface area (Å²) in [4.78, 5) is 11.1. The van der Waals surface area contributed by atoms with E-state index in [0.29, 0.717) is 6.42 Å². The predicted molar refractivity (Wildman–Crippen MR) is 66.8 cm³/mol. The molecule has 0 spiro atoms. The van der Waals surface area contributed by atoms with E-state index in [1.165, 1.54) is 6.07 Å². The number of rotatable bonds is 5. The molecule has 2 nitrogen and oxygen atoms in total. The van der Waals surface area contributed by atoms with Crippen LogP contribution in [0.25, 0.3) is 0 Å². The summed E-state index contributed by atoms with van der Waals surface area (Å²) >= 11 is 11.0. The second-order valence-electron chi connectivity index (χ2n) is 3.95. The number of alkyl halides is 4. The van der Waals surface area contributed by atoms with Gasteiger partial charge in [0.2, 0.25) is 0 Å². The van der Waals surface area contributed by atoms with Gasteiger partial charge >= 0.3 is 12.1 Å². The normalized spacial score (nSPS) is 13.3. The van der Waals surface area contributed by atoms with Crippen molar-refractivity contribution in [2.75, 3.05) is 5.88 Å². The molecule has 7 heteroatoms. The molecule has 106 valence electrons. The van der Waals surface area contributed by atoms with Crippen molar-refractivity contribution in [1.29, 1.82) is 0 Å². The summed E-state index contributed by atoms with van der Waals surface area (Å²) in [5.41, 5.74) is -1.29. The van der Waals surface area contributed by atoms with Gasteiger partial charge in [-0.2, -0.15) is 13.2 Å². The Morgan fingerprint density at radius 3 is 2.47 bits per heavy atom. The number of hydrogen-bond acceptors (Lipinski definition) is 1. The van der Waals surface area contributed by atoms with E-state index in [9.17, 15) is 18.0 Å². The molecule has 0 amide bonds. The highest BCUT2D eigenvalue weighted by Gasteiger charge is 2.37. The fraction of sp³-hybridized carbons (Fsp3) is 0.417. The van der Waals surface area contributed by atoms with Gasteiger partial charge in [-0.1, -0.05) is 17.7 Å². The van der Waals surface area contributed by atoms with Gasteiger partial charge in [-0.25, -0.2) is 0 Å². The Balaban J connectivity index is 3.26. The molecular weight excluding hydrogens is 304 g/mol. The molecule has 1 rings (SSSR count). The number of hydrogen-bond donors (Lipinski definition) is 1. The molecule has 0 aliphatic heterocycles. The van der Waals surface area contributed by atoms with Crippen LogP contribution in [-0.4, -0.2) is 17.0 Å². The fourth-order valence-corrected chi connectivity index (χ4v) is 2.10. The summed E-state index contributed by atoms with van der Waals surface area (Å²) in [6.45, 7) is 0. The van der Waals surface area contributed by atoms with Crippen LogP contribution in [0, 0.1) is 0 Å². The second-order valence-corrected chi connectivity index (χ2v) is 4.77. The van der Waals surface area contributed by atoms with Gasteiger partial charge < -0.3 is 5.11 Å². The van der Waals surface area contributed by atoms with Crippen LogP contribution in [-0.2, 0) is 11.0 Å². The minimum absolute atomic E-state index is 0.0452. The average Bonchev–Trinajstić information content (AvgIpc) is 2.29. The van der Waals surface area contributed by atoms with E-state index in [4.69, 9.17) is 28.3 Å². The van der Waals surface area contributed by atoms with Crippen molar-refractivity contribution in [3.63, 3.8) is 0 Å². The van der Waals surface area contributed by atoms with Crippen molar-refractivity contribution in [3.05, 3.63) is 34.3 Å². The first-order valence-electron chi connectivity index (χ1n) is 5.42. The lowest BCUT2D eigenvalue weighted by Crippen LogP contribution is -2.18. The van der Waals surface area contributed by atoms with E-state index in [1.807, 2.05) is 0 Å². The van der Waals surface area contributed by atoms with Gasteiger partial charge in [0.05, 0.1) is 11.5 Å². The summed E-state index contributed by atoms with van der Waals surface area (Å²) in [6.07, 6.45) is -4.28. The maximum absolute atomic E-state index is 12.9. The molecule has 0 saturated carbocycles. The van der Waals surface area contributed by atoms with E-state index in [0.717, 1.165) is 12.1 Å². The molecule has 0 saturated heterocycles. The molecule has 0 unspecified atom stereocenters. The van der Waals surface area contributed by atoms with Gasteiger partial charge in [-0.15, -0.1) is 11.6 Å². The van der Waals surface area contributed by atoms with Crippen LogP contribution in [0.3, 0.4) is 0 Å². The van der Waals surface area contributed by atoms with Crippen molar-refractivity contribution >= 4 is 29.2 Å². The Bertz CT molecular complexity index is 461. The van der Waals surface area contributed by atoms with Crippen molar-refractivity contribution in [3.8, 4) is 0 Å². The molecule has 1 N–H and O–H groups in total. The highest BCUT2D eigenvalue weighted by Crippen LogP contribution is 2.38. The molecule has 0 aliphatic carbocycles. The molecule has 1 aromatic rings. The van der Waals surface area contributed by atoms with E-state index >= 15 is 0 Å². The van der Waals surface area contributed by atoms with Crippen LogP contribution in [0.1, 0.15) is 29.9 Å². The van der Waals surface area contributed by atoms with Crippen LogP contribution in [0.5, 0.6) is 0 Å². The zero-order chi connectivity index (χ0) is 14.6. The lowest BCUT2D eigenvalue weighted by Gasteiger charge is -2.18. The first-order valence-corrected chi connectivity index (χ1v) is 6.34. The topological polar surface area (TPSA) is 37.3 Å². The quantitative estimate of drug-likeness (QED) is 0.810. The van der Waals surface area contributed by atoms with Gasteiger partial charge in [0.25, 0.3) is 0 Å². The van der Waals surface area contributed by atoms with Crippen LogP contribution in [0.15, 0.2) is 18.2 Å². The second kappa shape index (κ2) is 6.48. The molecule has 0 bridgehead atoms. The summed E-state index contributed by atoms with van der Waals surface area (Å²) in [6, 6.07) is 3.11. The number of carboxylic acids is 1. The zero-order valence-electron chi connectivity index (χ0n) is 9.68. The van der Waals surface area contributed by atoms with Gasteiger partial charge in [0.1, 0.15) is 0 Å². The third kappa shape index (κ3) is 4.28. The van der Waals surface area contributed by atoms with Crippen molar-refractivity contribution in [2.24, 2.45) is 0 Å². The highest BCUT2D eigenvalue weighted by molar-refractivity contribution is 6.30. The molecule has 1 aromatic carbocycles. The van der Waals surface area contributed by atoms with Gasteiger partial charge in [-0.3, -0.25) is 4.79 Å².